The Kier molecular flexibility index (Phi) is 7.15. The van der Waals surface area contributed by atoms with Gasteiger partial charge in [-0.3, -0.25) is 9.52 Å². The van der Waals surface area contributed by atoms with Gasteiger partial charge in [0.05, 0.1) is 28.3 Å². The molecule has 3 aromatic carbocycles. The van der Waals surface area contributed by atoms with E-state index < -0.39 is 15.9 Å². The molecule has 6 nitrogen and oxygen atoms in total. The zero-order valence-electron chi connectivity index (χ0n) is 17.1. The highest BCUT2D eigenvalue weighted by molar-refractivity contribution is 7.98. The van der Waals surface area contributed by atoms with Gasteiger partial charge in [-0.25, -0.2) is 8.42 Å². The van der Waals surface area contributed by atoms with Crippen LogP contribution in [0.2, 0.25) is 5.02 Å². The number of carbonyl (C=O) groups excluding carboxylic acids is 1. The number of anilines is 2. The molecule has 2 N–H and O–H groups in total. The molecule has 162 valence electrons. The normalized spacial score (nSPS) is 11.1. The van der Waals surface area contributed by atoms with Crippen molar-refractivity contribution in [2.45, 2.75) is 16.7 Å². The summed E-state index contributed by atoms with van der Waals surface area (Å²) < 4.78 is 33.8. The number of rotatable bonds is 7. The van der Waals surface area contributed by atoms with E-state index in [1.165, 1.54) is 24.9 Å². The van der Waals surface area contributed by atoms with Gasteiger partial charge in [-0.1, -0.05) is 29.8 Å². The minimum absolute atomic E-state index is 0.0418. The third-order valence-corrected chi connectivity index (χ3v) is 7.07. The second-order valence-electron chi connectivity index (χ2n) is 6.59. The summed E-state index contributed by atoms with van der Waals surface area (Å²) in [6.07, 6.45) is 1.90. The van der Waals surface area contributed by atoms with Gasteiger partial charge < -0.3 is 10.1 Å². The Morgan fingerprint density at radius 1 is 1.06 bits per heavy atom. The number of aryl methyl sites for hydroxylation is 1. The molecule has 0 heterocycles. The van der Waals surface area contributed by atoms with Crippen molar-refractivity contribution >= 4 is 50.7 Å². The molecule has 0 fully saturated rings. The molecule has 0 spiro atoms. The average Bonchev–Trinajstić information content (AvgIpc) is 2.75. The monoisotopic (exact) mass is 476 g/mol. The number of ether oxygens (including phenoxy) is 1. The predicted octanol–water partition coefficient (Wildman–Crippen LogP) is 5.43. The number of methoxy groups -OCH3 is 1. The molecule has 1 amide bonds. The topological polar surface area (TPSA) is 84.5 Å². The lowest BCUT2D eigenvalue weighted by atomic mass is 10.2. The molecule has 0 bridgehead atoms. The summed E-state index contributed by atoms with van der Waals surface area (Å²) >= 11 is 7.66. The third kappa shape index (κ3) is 5.33. The van der Waals surface area contributed by atoms with Crippen LogP contribution in [0.3, 0.4) is 0 Å². The van der Waals surface area contributed by atoms with E-state index in [1.54, 1.807) is 55.5 Å². The average molecular weight is 477 g/mol. The van der Waals surface area contributed by atoms with Crippen molar-refractivity contribution in [2.24, 2.45) is 0 Å². The van der Waals surface area contributed by atoms with Crippen molar-refractivity contribution in [3.05, 3.63) is 76.8 Å². The number of halogens is 1. The summed E-state index contributed by atoms with van der Waals surface area (Å²) in [4.78, 5) is 13.7. The largest absolute Gasteiger partial charge is 0.495 e. The molecule has 3 rings (SSSR count). The SMILES string of the molecule is COc1ccccc1NS(=O)(=O)c1cc(NC(=O)c2cc(SC)ccc2Cl)ccc1C. The Hall–Kier alpha value is -2.68. The summed E-state index contributed by atoms with van der Waals surface area (Å²) in [5.41, 5.74) is 1.49. The van der Waals surface area contributed by atoms with E-state index in [-0.39, 0.29) is 4.90 Å². The van der Waals surface area contributed by atoms with Gasteiger partial charge in [0, 0.05) is 10.6 Å². The summed E-state index contributed by atoms with van der Waals surface area (Å²) in [6.45, 7) is 1.68. The highest BCUT2D eigenvalue weighted by Gasteiger charge is 2.20. The lowest BCUT2D eigenvalue weighted by molar-refractivity contribution is 0.102. The minimum Gasteiger partial charge on any atom is -0.495 e. The van der Waals surface area contributed by atoms with Crippen molar-refractivity contribution in [3.63, 3.8) is 0 Å². The molecule has 0 aliphatic rings. The lowest BCUT2D eigenvalue weighted by Crippen LogP contribution is -2.17. The molecule has 0 saturated heterocycles. The van der Waals surface area contributed by atoms with Crippen LogP contribution < -0.4 is 14.8 Å². The van der Waals surface area contributed by atoms with Crippen molar-refractivity contribution in [1.29, 1.82) is 0 Å². The van der Waals surface area contributed by atoms with Gasteiger partial charge in [-0.2, -0.15) is 0 Å². The fourth-order valence-corrected chi connectivity index (χ4v) is 4.89. The molecular weight excluding hydrogens is 456 g/mol. The number of benzene rings is 3. The van der Waals surface area contributed by atoms with E-state index >= 15 is 0 Å². The Morgan fingerprint density at radius 2 is 1.81 bits per heavy atom. The molecule has 0 saturated carbocycles. The minimum atomic E-state index is -3.93. The first-order valence-corrected chi connectivity index (χ1v) is 12.2. The molecule has 0 aliphatic heterocycles. The number of carbonyl (C=O) groups is 1. The van der Waals surface area contributed by atoms with Crippen LogP contribution in [0.1, 0.15) is 15.9 Å². The first-order chi connectivity index (χ1) is 14.7. The maximum atomic E-state index is 13.0. The lowest BCUT2D eigenvalue weighted by Gasteiger charge is -2.15. The van der Waals surface area contributed by atoms with Crippen LogP contribution in [0.5, 0.6) is 5.75 Å². The number of hydrogen-bond acceptors (Lipinski definition) is 5. The summed E-state index contributed by atoms with van der Waals surface area (Å²) in [7, 11) is -2.47. The molecule has 31 heavy (non-hydrogen) atoms. The zero-order chi connectivity index (χ0) is 22.6. The molecule has 0 aliphatic carbocycles. The molecule has 0 unspecified atom stereocenters. The first kappa shape index (κ1) is 23.0. The second-order valence-corrected chi connectivity index (χ2v) is 9.52. The highest BCUT2D eigenvalue weighted by atomic mass is 35.5. The van der Waals surface area contributed by atoms with Crippen LogP contribution in [-0.4, -0.2) is 27.7 Å². The molecule has 3 aromatic rings. The van der Waals surface area contributed by atoms with E-state index in [0.29, 0.717) is 33.3 Å². The number of nitrogens with one attached hydrogen (secondary N) is 2. The molecule has 9 heteroatoms. The zero-order valence-corrected chi connectivity index (χ0v) is 19.5. The molecule has 0 atom stereocenters. The van der Waals surface area contributed by atoms with Crippen molar-refractivity contribution in [1.82, 2.24) is 0 Å². The van der Waals surface area contributed by atoms with Gasteiger partial charge in [0.2, 0.25) is 0 Å². The van der Waals surface area contributed by atoms with E-state index in [2.05, 4.69) is 10.0 Å². The number of sulfonamides is 1. The van der Waals surface area contributed by atoms with Crippen molar-refractivity contribution in [3.8, 4) is 5.75 Å². The van der Waals surface area contributed by atoms with Crippen LogP contribution in [0.15, 0.2) is 70.5 Å². The fourth-order valence-electron chi connectivity index (χ4n) is 2.90. The Labute approximate surface area is 191 Å². The number of para-hydroxylation sites is 2. The van der Waals surface area contributed by atoms with Crippen molar-refractivity contribution < 1.29 is 17.9 Å². The first-order valence-electron chi connectivity index (χ1n) is 9.16. The maximum Gasteiger partial charge on any atom is 0.262 e. The van der Waals surface area contributed by atoms with E-state index in [0.717, 1.165) is 4.90 Å². The standard InChI is InChI=1S/C22H21ClN2O4S2/c1-14-8-9-15(24-22(26)17-13-16(30-3)10-11-18(17)23)12-21(14)31(27,28)25-19-6-4-5-7-20(19)29-2/h4-13,25H,1-3H3,(H,24,26). The van der Waals surface area contributed by atoms with E-state index in [1.807, 2.05) is 12.3 Å². The van der Waals surface area contributed by atoms with Gasteiger partial charge in [0.25, 0.3) is 15.9 Å². The van der Waals surface area contributed by atoms with Crippen LogP contribution in [0.4, 0.5) is 11.4 Å². The van der Waals surface area contributed by atoms with Gasteiger partial charge in [-0.15, -0.1) is 11.8 Å². The molecular formula is C22H21ClN2O4S2. The van der Waals surface area contributed by atoms with Crippen LogP contribution in [0.25, 0.3) is 0 Å². The highest BCUT2D eigenvalue weighted by Crippen LogP contribution is 2.29. The predicted molar refractivity (Wildman–Crippen MR) is 126 cm³/mol. The van der Waals surface area contributed by atoms with Gasteiger partial charge >= 0.3 is 0 Å². The quantitative estimate of drug-likeness (QED) is 0.444. The molecule has 0 radical (unpaired) electrons. The smallest absolute Gasteiger partial charge is 0.262 e. The van der Waals surface area contributed by atoms with Crippen LogP contribution >= 0.6 is 23.4 Å². The second kappa shape index (κ2) is 9.64. The number of amides is 1. The Balaban J connectivity index is 1.90. The van der Waals surface area contributed by atoms with Crippen LogP contribution in [-0.2, 0) is 10.0 Å². The molecule has 0 aromatic heterocycles. The van der Waals surface area contributed by atoms with Gasteiger partial charge in [0.1, 0.15) is 5.75 Å². The van der Waals surface area contributed by atoms with Gasteiger partial charge in [-0.05, 0) is 61.2 Å². The Bertz CT molecular complexity index is 1230. The van der Waals surface area contributed by atoms with Gasteiger partial charge in [0.15, 0.2) is 0 Å². The van der Waals surface area contributed by atoms with E-state index in [4.69, 9.17) is 16.3 Å². The summed E-state index contributed by atoms with van der Waals surface area (Å²) in [5, 5.41) is 3.04. The summed E-state index contributed by atoms with van der Waals surface area (Å²) in [6, 6.07) is 16.6. The number of hydrogen-bond donors (Lipinski definition) is 2. The summed E-state index contributed by atoms with van der Waals surface area (Å²) in [5.74, 6) is -0.0257. The van der Waals surface area contributed by atoms with E-state index in [9.17, 15) is 13.2 Å². The number of thioether (sulfide) groups is 1. The maximum absolute atomic E-state index is 13.0. The van der Waals surface area contributed by atoms with Crippen LogP contribution in [0, 0.1) is 6.92 Å². The fraction of sp³-hybridized carbons (Fsp3) is 0.136. The van der Waals surface area contributed by atoms with Crippen molar-refractivity contribution in [2.75, 3.05) is 23.4 Å². The Morgan fingerprint density at radius 3 is 2.52 bits per heavy atom. The third-order valence-electron chi connectivity index (χ3n) is 4.50.